The molecule has 1 amide bonds. The summed E-state index contributed by atoms with van der Waals surface area (Å²) in [5.41, 5.74) is 3.70. The summed E-state index contributed by atoms with van der Waals surface area (Å²) in [5, 5.41) is 3.27. The number of hydrogen-bond acceptors (Lipinski definition) is 4. The number of likely N-dealkylation sites (tertiary alicyclic amines) is 1. The smallest absolute Gasteiger partial charge is 0.270 e. The summed E-state index contributed by atoms with van der Waals surface area (Å²) < 4.78 is 27.7. The highest BCUT2D eigenvalue weighted by Crippen LogP contribution is 2.19. The second-order valence-corrected chi connectivity index (χ2v) is 8.55. The molecule has 0 unspecified atom stereocenters. The fourth-order valence-electron chi connectivity index (χ4n) is 3.46. The van der Waals surface area contributed by atoms with E-state index in [-0.39, 0.29) is 29.8 Å². The van der Waals surface area contributed by atoms with Crippen LogP contribution in [0.15, 0.2) is 35.4 Å². The van der Waals surface area contributed by atoms with Gasteiger partial charge < -0.3 is 15.2 Å². The monoisotopic (exact) mass is 410 g/mol. The number of rotatable bonds is 5. The van der Waals surface area contributed by atoms with Gasteiger partial charge in [0.1, 0.15) is 10.6 Å². The van der Waals surface area contributed by atoms with Gasteiger partial charge in [0.2, 0.25) is 10.0 Å². The lowest BCUT2D eigenvalue weighted by Crippen LogP contribution is -2.27. The van der Waals surface area contributed by atoms with E-state index in [1.54, 1.807) is 4.90 Å². The van der Waals surface area contributed by atoms with Gasteiger partial charge in [-0.2, -0.15) is 0 Å². The van der Waals surface area contributed by atoms with Gasteiger partial charge in [0.25, 0.3) is 5.91 Å². The van der Waals surface area contributed by atoms with Crippen LogP contribution in [0.2, 0.25) is 0 Å². The lowest BCUT2D eigenvalue weighted by molar-refractivity contribution is 0.0787. The van der Waals surface area contributed by atoms with Crippen molar-refractivity contribution >= 4 is 28.3 Å². The Morgan fingerprint density at radius 1 is 1.11 bits per heavy atom. The number of nitrogens with zero attached hydrogens (tertiary/aromatic N) is 1. The Hall–Kier alpha value is -1.87. The molecule has 3 heterocycles. The number of halogens is 1. The Morgan fingerprint density at radius 3 is 2.63 bits per heavy atom. The number of amides is 1. The first kappa shape index (κ1) is 19.9. The zero-order valence-electron chi connectivity index (χ0n) is 14.8. The van der Waals surface area contributed by atoms with Crippen LogP contribution in [-0.4, -0.2) is 37.3 Å². The summed E-state index contributed by atoms with van der Waals surface area (Å²) in [4.78, 5) is 17.0. The van der Waals surface area contributed by atoms with Gasteiger partial charge in [0, 0.05) is 38.9 Å². The van der Waals surface area contributed by atoms with Gasteiger partial charge in [-0.05, 0) is 35.6 Å². The van der Waals surface area contributed by atoms with Gasteiger partial charge in [-0.3, -0.25) is 4.79 Å². The van der Waals surface area contributed by atoms with E-state index in [0.717, 1.165) is 44.6 Å². The van der Waals surface area contributed by atoms with E-state index < -0.39 is 10.0 Å². The predicted octanol–water partition coefficient (Wildman–Crippen LogP) is 1.75. The van der Waals surface area contributed by atoms with E-state index in [1.807, 2.05) is 18.2 Å². The maximum absolute atomic E-state index is 12.5. The van der Waals surface area contributed by atoms with Crippen molar-refractivity contribution in [2.24, 2.45) is 0 Å². The Morgan fingerprint density at radius 2 is 1.85 bits per heavy atom. The molecule has 2 aromatic rings. The van der Waals surface area contributed by atoms with Crippen molar-refractivity contribution in [1.29, 1.82) is 0 Å². The van der Waals surface area contributed by atoms with E-state index >= 15 is 0 Å². The molecular weight excluding hydrogens is 388 g/mol. The average Bonchev–Trinajstić information content (AvgIpc) is 3.40. The van der Waals surface area contributed by atoms with Crippen LogP contribution >= 0.6 is 12.4 Å². The minimum absolute atomic E-state index is 0. The molecule has 0 aliphatic carbocycles. The lowest BCUT2D eigenvalue weighted by Gasteiger charge is -2.13. The lowest BCUT2D eigenvalue weighted by atomic mass is 10.1. The Bertz CT molecular complexity index is 936. The van der Waals surface area contributed by atoms with E-state index in [2.05, 4.69) is 15.0 Å². The first-order valence-electron chi connectivity index (χ1n) is 8.82. The van der Waals surface area contributed by atoms with E-state index in [4.69, 9.17) is 0 Å². The van der Waals surface area contributed by atoms with Crippen LogP contribution in [0, 0.1) is 0 Å². The van der Waals surface area contributed by atoms with Crippen LogP contribution in [-0.2, 0) is 29.7 Å². The number of aromatic amines is 1. The SMILES string of the molecule is Cl.O=C(c1cc(S(=O)(=O)NCc2ccc3c(c2)CNC3)c[nH]1)N1CCCC1. The molecule has 7 nitrogen and oxygen atoms in total. The fraction of sp³-hybridized carbons (Fsp3) is 0.389. The number of aromatic nitrogens is 1. The van der Waals surface area contributed by atoms with Crippen LogP contribution in [0.4, 0.5) is 0 Å². The summed E-state index contributed by atoms with van der Waals surface area (Å²) >= 11 is 0. The standard InChI is InChI=1S/C18H22N4O3S.ClH/c23-18(22-5-1-2-6-22)17-8-16(12-20-17)26(24,25)21-9-13-3-4-14-10-19-11-15(14)7-13;/h3-4,7-8,12,19-21H,1-2,5-6,9-11H2;1H. The normalized spacial score (nSPS) is 16.2. The molecule has 2 aliphatic rings. The van der Waals surface area contributed by atoms with E-state index in [0.29, 0.717) is 5.69 Å². The van der Waals surface area contributed by atoms with E-state index in [1.165, 1.54) is 23.4 Å². The summed E-state index contributed by atoms with van der Waals surface area (Å²) in [7, 11) is -3.68. The minimum atomic E-state index is -3.68. The fourth-order valence-corrected chi connectivity index (χ4v) is 4.47. The summed E-state index contributed by atoms with van der Waals surface area (Å²) in [5.74, 6) is -0.143. The molecule has 1 aromatic carbocycles. The highest BCUT2D eigenvalue weighted by molar-refractivity contribution is 7.89. The number of H-pyrrole nitrogens is 1. The summed E-state index contributed by atoms with van der Waals surface area (Å²) in [6, 6.07) is 7.41. The largest absolute Gasteiger partial charge is 0.356 e. The second kappa shape index (κ2) is 8.02. The zero-order valence-corrected chi connectivity index (χ0v) is 16.5. The van der Waals surface area contributed by atoms with Crippen LogP contribution in [0.25, 0.3) is 0 Å². The third-order valence-electron chi connectivity index (χ3n) is 4.96. The van der Waals surface area contributed by atoms with Gasteiger partial charge in [-0.1, -0.05) is 18.2 Å². The van der Waals surface area contributed by atoms with Gasteiger partial charge >= 0.3 is 0 Å². The maximum Gasteiger partial charge on any atom is 0.270 e. The molecule has 0 radical (unpaired) electrons. The van der Waals surface area contributed by atoms with Crippen molar-refractivity contribution in [2.45, 2.75) is 37.4 Å². The highest BCUT2D eigenvalue weighted by atomic mass is 35.5. The van der Waals surface area contributed by atoms with Crippen molar-refractivity contribution < 1.29 is 13.2 Å². The van der Waals surface area contributed by atoms with Crippen LogP contribution in [0.5, 0.6) is 0 Å². The topological polar surface area (TPSA) is 94.3 Å². The summed E-state index contributed by atoms with van der Waals surface area (Å²) in [6.07, 6.45) is 3.36. The number of fused-ring (bicyclic) bond motifs is 1. The van der Waals surface area contributed by atoms with Crippen LogP contribution in [0.1, 0.15) is 40.0 Å². The molecular formula is C18H23ClN4O3S. The molecule has 9 heteroatoms. The molecule has 146 valence electrons. The first-order valence-corrected chi connectivity index (χ1v) is 10.3. The molecule has 4 rings (SSSR count). The number of nitrogens with one attached hydrogen (secondary N) is 3. The zero-order chi connectivity index (χ0) is 18.1. The second-order valence-electron chi connectivity index (χ2n) is 6.78. The van der Waals surface area contributed by atoms with E-state index in [9.17, 15) is 13.2 Å². The molecule has 1 aromatic heterocycles. The highest BCUT2D eigenvalue weighted by Gasteiger charge is 2.23. The number of carbonyl (C=O) groups is 1. The molecule has 0 saturated carbocycles. The van der Waals surface area contributed by atoms with Crippen molar-refractivity contribution in [3.63, 3.8) is 0 Å². The number of hydrogen-bond donors (Lipinski definition) is 3. The van der Waals surface area contributed by atoms with Gasteiger partial charge in [0.15, 0.2) is 0 Å². The van der Waals surface area contributed by atoms with Crippen molar-refractivity contribution in [3.05, 3.63) is 52.8 Å². The Labute approximate surface area is 165 Å². The predicted molar refractivity (Wildman–Crippen MR) is 104 cm³/mol. The number of benzene rings is 1. The Balaban J connectivity index is 0.00000210. The van der Waals surface area contributed by atoms with Gasteiger partial charge in [-0.15, -0.1) is 12.4 Å². The molecule has 1 saturated heterocycles. The molecule has 0 atom stereocenters. The average molecular weight is 411 g/mol. The first-order chi connectivity index (χ1) is 12.5. The quantitative estimate of drug-likeness (QED) is 0.700. The van der Waals surface area contributed by atoms with Crippen LogP contribution < -0.4 is 10.0 Å². The maximum atomic E-state index is 12.5. The minimum Gasteiger partial charge on any atom is -0.356 e. The third-order valence-corrected chi connectivity index (χ3v) is 6.34. The molecule has 2 aliphatic heterocycles. The molecule has 0 bridgehead atoms. The van der Waals surface area contributed by atoms with Gasteiger partial charge in [-0.25, -0.2) is 13.1 Å². The number of sulfonamides is 1. The molecule has 0 spiro atoms. The van der Waals surface area contributed by atoms with Gasteiger partial charge in [0.05, 0.1) is 0 Å². The molecule has 3 N–H and O–H groups in total. The third kappa shape index (κ3) is 4.19. The van der Waals surface area contributed by atoms with Crippen LogP contribution in [0.3, 0.4) is 0 Å². The Kier molecular flexibility index (Phi) is 5.90. The van der Waals surface area contributed by atoms with Crippen molar-refractivity contribution in [2.75, 3.05) is 13.1 Å². The van der Waals surface area contributed by atoms with Crippen molar-refractivity contribution in [1.82, 2.24) is 19.9 Å². The molecule has 1 fully saturated rings. The summed E-state index contributed by atoms with van der Waals surface area (Å²) in [6.45, 7) is 3.35. The number of carbonyl (C=O) groups excluding carboxylic acids is 1. The molecule has 27 heavy (non-hydrogen) atoms. The van der Waals surface area contributed by atoms with Crippen molar-refractivity contribution in [3.8, 4) is 0 Å².